The van der Waals surface area contributed by atoms with Crippen LogP contribution in [0.25, 0.3) is 0 Å². The van der Waals surface area contributed by atoms with Crippen LogP contribution in [-0.4, -0.2) is 23.1 Å². The highest BCUT2D eigenvalue weighted by Crippen LogP contribution is 2.15. The molecule has 0 bridgehead atoms. The van der Waals surface area contributed by atoms with Crippen LogP contribution in [0.15, 0.2) is 12.2 Å². The molecule has 0 aromatic rings. The molecule has 188 valence electrons. The lowest BCUT2D eigenvalue weighted by atomic mass is 10.0. The number of hydrogen-bond acceptors (Lipinski definition) is 3. The van der Waals surface area contributed by atoms with Gasteiger partial charge in [0.1, 0.15) is 6.10 Å². The van der Waals surface area contributed by atoms with E-state index in [1.54, 1.807) is 0 Å². The number of unbranched alkanes of at least 4 members (excludes halogenated alkanes) is 15. The van der Waals surface area contributed by atoms with Gasteiger partial charge in [-0.15, -0.1) is 0 Å². The van der Waals surface area contributed by atoms with Crippen LogP contribution >= 0.6 is 0 Å². The van der Waals surface area contributed by atoms with Crippen molar-refractivity contribution < 1.29 is 19.4 Å². The van der Waals surface area contributed by atoms with Crippen LogP contribution in [0.3, 0.4) is 0 Å². The van der Waals surface area contributed by atoms with E-state index in [0.717, 1.165) is 64.2 Å². The molecule has 0 fully saturated rings. The molecule has 0 rings (SSSR count). The second kappa shape index (κ2) is 24.3. The molecule has 0 aliphatic carbocycles. The molecule has 1 atom stereocenters. The van der Waals surface area contributed by atoms with E-state index in [-0.39, 0.29) is 18.5 Å². The summed E-state index contributed by atoms with van der Waals surface area (Å²) >= 11 is 0. The minimum Gasteiger partial charge on any atom is -0.481 e. The number of aliphatic carboxylic acids is 1. The first-order valence-electron chi connectivity index (χ1n) is 13.7. The lowest BCUT2D eigenvalue weighted by Gasteiger charge is -2.15. The summed E-state index contributed by atoms with van der Waals surface area (Å²) in [5.74, 6) is -0.753. The van der Waals surface area contributed by atoms with Gasteiger partial charge >= 0.3 is 11.9 Å². The standard InChI is InChI=1S/C28H52O4/c1-3-5-7-9-10-11-15-18-22-26(32-28(31)25-21-14-8-6-4-2)23-19-16-12-13-17-20-24-27(29)30/h18,22,26H,3-17,19-21,23-25H2,1-2H3,(H,29,30)/b22-18-. The Balaban J connectivity index is 4.15. The molecule has 0 aromatic carbocycles. The molecule has 0 heterocycles. The Morgan fingerprint density at radius 3 is 1.78 bits per heavy atom. The van der Waals surface area contributed by atoms with Crippen molar-refractivity contribution in [3.05, 3.63) is 12.2 Å². The van der Waals surface area contributed by atoms with Gasteiger partial charge in [0.05, 0.1) is 0 Å². The molecular formula is C28H52O4. The van der Waals surface area contributed by atoms with Crippen LogP contribution in [0.4, 0.5) is 0 Å². The quantitative estimate of drug-likeness (QED) is 0.0902. The predicted molar refractivity (Wildman–Crippen MR) is 135 cm³/mol. The number of allylic oxidation sites excluding steroid dienone is 1. The third kappa shape index (κ3) is 23.3. The zero-order valence-corrected chi connectivity index (χ0v) is 21.3. The summed E-state index contributed by atoms with van der Waals surface area (Å²) in [6.45, 7) is 4.45. The highest BCUT2D eigenvalue weighted by Gasteiger charge is 2.11. The number of esters is 1. The Labute approximate surface area is 198 Å². The largest absolute Gasteiger partial charge is 0.481 e. The van der Waals surface area contributed by atoms with Crippen LogP contribution in [0, 0.1) is 0 Å². The van der Waals surface area contributed by atoms with Crippen LogP contribution in [0.1, 0.15) is 149 Å². The van der Waals surface area contributed by atoms with E-state index in [1.807, 2.05) is 0 Å². The number of hydrogen-bond donors (Lipinski definition) is 1. The van der Waals surface area contributed by atoms with Crippen molar-refractivity contribution in [1.82, 2.24) is 0 Å². The fourth-order valence-corrected chi connectivity index (χ4v) is 3.91. The summed E-state index contributed by atoms with van der Waals surface area (Å²) in [5, 5.41) is 8.68. The van der Waals surface area contributed by atoms with Crippen LogP contribution in [0.5, 0.6) is 0 Å². The molecule has 1 N–H and O–H groups in total. The van der Waals surface area contributed by atoms with Gasteiger partial charge in [0.2, 0.25) is 0 Å². The maximum atomic E-state index is 12.3. The molecule has 0 amide bonds. The predicted octanol–water partition coefficient (Wildman–Crippen LogP) is 8.77. The lowest BCUT2D eigenvalue weighted by molar-refractivity contribution is -0.147. The molecule has 0 radical (unpaired) electrons. The fraction of sp³-hybridized carbons (Fsp3) is 0.857. The summed E-state index contributed by atoms with van der Waals surface area (Å²) in [4.78, 5) is 22.8. The van der Waals surface area contributed by atoms with E-state index in [0.29, 0.717) is 6.42 Å². The Bertz CT molecular complexity index is 458. The smallest absolute Gasteiger partial charge is 0.306 e. The summed E-state index contributed by atoms with van der Waals surface area (Å²) in [5.41, 5.74) is 0. The SMILES string of the molecule is CCCCCCCC/C=C\C(CCCCCCCCC(=O)O)OC(=O)CCCCCCC. The topological polar surface area (TPSA) is 63.6 Å². The van der Waals surface area contributed by atoms with Crippen molar-refractivity contribution in [1.29, 1.82) is 0 Å². The maximum absolute atomic E-state index is 12.3. The highest BCUT2D eigenvalue weighted by molar-refractivity contribution is 5.69. The molecule has 0 saturated heterocycles. The van der Waals surface area contributed by atoms with E-state index < -0.39 is 5.97 Å². The van der Waals surface area contributed by atoms with E-state index in [1.165, 1.54) is 57.8 Å². The van der Waals surface area contributed by atoms with Crippen LogP contribution < -0.4 is 0 Å². The van der Waals surface area contributed by atoms with E-state index in [2.05, 4.69) is 26.0 Å². The minimum atomic E-state index is -0.701. The van der Waals surface area contributed by atoms with Gasteiger partial charge < -0.3 is 9.84 Å². The van der Waals surface area contributed by atoms with Gasteiger partial charge in [-0.3, -0.25) is 9.59 Å². The molecule has 32 heavy (non-hydrogen) atoms. The number of ether oxygens (including phenoxy) is 1. The maximum Gasteiger partial charge on any atom is 0.306 e. The molecule has 0 saturated carbocycles. The Hall–Kier alpha value is -1.32. The molecule has 0 spiro atoms. The Kier molecular flexibility index (Phi) is 23.3. The molecule has 0 aromatic heterocycles. The fourth-order valence-electron chi connectivity index (χ4n) is 3.91. The minimum absolute atomic E-state index is 0.0515. The zero-order valence-electron chi connectivity index (χ0n) is 21.3. The molecule has 0 aliphatic rings. The number of carboxylic acid groups (broad SMARTS) is 1. The van der Waals surface area contributed by atoms with Crippen LogP contribution in [-0.2, 0) is 14.3 Å². The van der Waals surface area contributed by atoms with Gasteiger partial charge in [0.25, 0.3) is 0 Å². The zero-order chi connectivity index (χ0) is 23.7. The highest BCUT2D eigenvalue weighted by atomic mass is 16.5. The van der Waals surface area contributed by atoms with Gasteiger partial charge in [-0.05, 0) is 44.6 Å². The van der Waals surface area contributed by atoms with Crippen molar-refractivity contribution in [3.63, 3.8) is 0 Å². The first-order valence-corrected chi connectivity index (χ1v) is 13.7. The van der Waals surface area contributed by atoms with Crippen molar-refractivity contribution in [2.45, 2.75) is 155 Å². The number of carbonyl (C=O) groups excluding carboxylic acids is 1. The van der Waals surface area contributed by atoms with E-state index >= 15 is 0 Å². The molecule has 4 heteroatoms. The van der Waals surface area contributed by atoms with Gasteiger partial charge in [-0.2, -0.15) is 0 Å². The average Bonchev–Trinajstić information content (AvgIpc) is 2.76. The molecule has 0 aliphatic heterocycles. The third-order valence-corrected chi connectivity index (χ3v) is 5.97. The third-order valence-electron chi connectivity index (χ3n) is 5.97. The number of carbonyl (C=O) groups is 2. The van der Waals surface area contributed by atoms with Crippen molar-refractivity contribution in [2.75, 3.05) is 0 Å². The Morgan fingerprint density at radius 1 is 0.688 bits per heavy atom. The van der Waals surface area contributed by atoms with Gasteiger partial charge in [0, 0.05) is 12.8 Å². The van der Waals surface area contributed by atoms with Gasteiger partial charge in [-0.1, -0.05) is 103 Å². The van der Waals surface area contributed by atoms with Crippen LogP contribution in [0.2, 0.25) is 0 Å². The first-order chi connectivity index (χ1) is 15.6. The van der Waals surface area contributed by atoms with Crippen molar-refractivity contribution in [3.8, 4) is 0 Å². The number of carboxylic acids is 1. The number of rotatable bonds is 24. The second-order valence-corrected chi connectivity index (χ2v) is 9.23. The molecule has 1 unspecified atom stereocenters. The Morgan fingerprint density at radius 2 is 1.19 bits per heavy atom. The first kappa shape index (κ1) is 30.7. The van der Waals surface area contributed by atoms with Crippen molar-refractivity contribution >= 4 is 11.9 Å². The molecular weight excluding hydrogens is 400 g/mol. The second-order valence-electron chi connectivity index (χ2n) is 9.23. The van der Waals surface area contributed by atoms with Gasteiger partial charge in [0.15, 0.2) is 0 Å². The van der Waals surface area contributed by atoms with Crippen molar-refractivity contribution in [2.24, 2.45) is 0 Å². The summed E-state index contributed by atoms with van der Waals surface area (Å²) in [6, 6.07) is 0. The molecule has 4 nitrogen and oxygen atoms in total. The summed E-state index contributed by atoms with van der Waals surface area (Å²) in [6.07, 6.45) is 26.7. The lowest BCUT2D eigenvalue weighted by Crippen LogP contribution is -2.16. The van der Waals surface area contributed by atoms with Gasteiger partial charge in [-0.25, -0.2) is 0 Å². The van der Waals surface area contributed by atoms with E-state index in [9.17, 15) is 9.59 Å². The summed E-state index contributed by atoms with van der Waals surface area (Å²) in [7, 11) is 0. The average molecular weight is 453 g/mol. The monoisotopic (exact) mass is 452 g/mol. The van der Waals surface area contributed by atoms with E-state index in [4.69, 9.17) is 9.84 Å². The summed E-state index contributed by atoms with van der Waals surface area (Å²) < 4.78 is 5.80. The normalized spacial score (nSPS) is 12.3.